The zero-order valence-electron chi connectivity index (χ0n) is 9.14. The van der Waals surface area contributed by atoms with Gasteiger partial charge >= 0.3 is 5.56 Å². The first kappa shape index (κ1) is 11.0. The number of ether oxygens (including phenoxy) is 2. The first-order chi connectivity index (χ1) is 8.20. The smallest absolute Gasteiger partial charge is 0.311 e. The van der Waals surface area contributed by atoms with Crippen molar-refractivity contribution in [1.82, 2.24) is 9.97 Å². The Balaban J connectivity index is 2.31. The van der Waals surface area contributed by atoms with Gasteiger partial charge in [-0.3, -0.25) is 4.79 Å². The van der Waals surface area contributed by atoms with Crippen LogP contribution in [0.5, 0.6) is 17.4 Å². The van der Waals surface area contributed by atoms with E-state index in [-0.39, 0.29) is 5.88 Å². The lowest BCUT2D eigenvalue weighted by Gasteiger charge is -2.07. The molecule has 0 unspecified atom stereocenters. The molecule has 0 saturated carbocycles. The van der Waals surface area contributed by atoms with Gasteiger partial charge in [-0.2, -0.15) is 0 Å². The third-order valence-corrected chi connectivity index (χ3v) is 2.10. The number of anilines is 1. The molecule has 0 saturated heterocycles. The van der Waals surface area contributed by atoms with Crippen LogP contribution < -0.4 is 20.8 Å². The maximum atomic E-state index is 11.3. The number of nitrogens with one attached hydrogen (secondary N) is 1. The van der Waals surface area contributed by atoms with Gasteiger partial charge in [0.15, 0.2) is 5.75 Å². The van der Waals surface area contributed by atoms with Crippen LogP contribution >= 0.6 is 0 Å². The summed E-state index contributed by atoms with van der Waals surface area (Å²) in [6, 6.07) is 4.90. The van der Waals surface area contributed by atoms with Crippen LogP contribution in [0.15, 0.2) is 35.4 Å². The Bertz CT molecular complexity index is 580. The van der Waals surface area contributed by atoms with E-state index in [1.54, 1.807) is 25.3 Å². The summed E-state index contributed by atoms with van der Waals surface area (Å²) in [7, 11) is 1.54. The highest BCUT2D eigenvalue weighted by molar-refractivity contribution is 5.56. The molecule has 0 aliphatic carbocycles. The highest BCUT2D eigenvalue weighted by Gasteiger charge is 2.07. The van der Waals surface area contributed by atoms with Gasteiger partial charge in [-0.15, -0.1) is 0 Å². The fraction of sp³-hybridized carbons (Fsp3) is 0.0909. The summed E-state index contributed by atoms with van der Waals surface area (Å²) in [6.07, 6.45) is 2.85. The maximum Gasteiger partial charge on any atom is 0.311 e. The molecule has 2 aromatic rings. The molecule has 0 atom stereocenters. The molecule has 17 heavy (non-hydrogen) atoms. The quantitative estimate of drug-likeness (QED) is 0.776. The molecule has 0 spiro atoms. The van der Waals surface area contributed by atoms with E-state index >= 15 is 0 Å². The summed E-state index contributed by atoms with van der Waals surface area (Å²) in [5, 5.41) is 0. The van der Waals surface area contributed by atoms with Crippen LogP contribution in [0.25, 0.3) is 0 Å². The molecule has 0 aliphatic rings. The molecule has 1 heterocycles. The van der Waals surface area contributed by atoms with Crippen LogP contribution in [0, 0.1) is 0 Å². The molecule has 0 aliphatic heterocycles. The molecular weight excluding hydrogens is 222 g/mol. The number of nitrogens with zero attached hydrogens (tertiary/aromatic N) is 1. The second kappa shape index (κ2) is 4.56. The minimum atomic E-state index is -0.414. The van der Waals surface area contributed by atoms with E-state index in [1.165, 1.54) is 12.4 Å². The first-order valence-corrected chi connectivity index (χ1v) is 4.86. The van der Waals surface area contributed by atoms with E-state index in [0.717, 1.165) is 0 Å². The Kier molecular flexibility index (Phi) is 2.95. The van der Waals surface area contributed by atoms with Crippen LogP contribution in [0.4, 0.5) is 5.69 Å². The zero-order chi connectivity index (χ0) is 12.3. The van der Waals surface area contributed by atoms with E-state index in [2.05, 4.69) is 9.97 Å². The predicted molar refractivity (Wildman–Crippen MR) is 62.3 cm³/mol. The molecule has 0 fully saturated rings. The molecular formula is C11H11N3O3. The van der Waals surface area contributed by atoms with Crippen molar-refractivity contribution in [3.8, 4) is 17.4 Å². The Hall–Kier alpha value is -2.50. The van der Waals surface area contributed by atoms with Gasteiger partial charge in [-0.25, -0.2) is 4.98 Å². The van der Waals surface area contributed by atoms with Gasteiger partial charge in [-0.1, -0.05) is 0 Å². The van der Waals surface area contributed by atoms with Crippen molar-refractivity contribution < 1.29 is 9.47 Å². The molecule has 0 amide bonds. The Morgan fingerprint density at radius 2 is 2.24 bits per heavy atom. The van der Waals surface area contributed by atoms with Crippen LogP contribution in [-0.2, 0) is 0 Å². The largest absolute Gasteiger partial charge is 0.497 e. The van der Waals surface area contributed by atoms with Crippen molar-refractivity contribution in [2.24, 2.45) is 0 Å². The summed E-state index contributed by atoms with van der Waals surface area (Å²) in [5.74, 6) is 0.921. The zero-order valence-corrected chi connectivity index (χ0v) is 9.14. The van der Waals surface area contributed by atoms with E-state index in [0.29, 0.717) is 17.2 Å². The second-order valence-corrected chi connectivity index (χ2v) is 3.23. The van der Waals surface area contributed by atoms with E-state index in [1.807, 2.05) is 0 Å². The second-order valence-electron chi connectivity index (χ2n) is 3.23. The van der Waals surface area contributed by atoms with E-state index in [4.69, 9.17) is 15.2 Å². The van der Waals surface area contributed by atoms with Crippen LogP contribution in [0.1, 0.15) is 0 Å². The lowest BCUT2D eigenvalue weighted by Crippen LogP contribution is -2.09. The average Bonchev–Trinajstić information content (AvgIpc) is 2.34. The molecule has 6 nitrogen and oxygen atoms in total. The normalized spacial score (nSPS) is 9.94. The molecule has 3 N–H and O–H groups in total. The molecule has 1 aromatic carbocycles. The highest BCUT2D eigenvalue weighted by atomic mass is 16.5. The van der Waals surface area contributed by atoms with Gasteiger partial charge in [0.25, 0.3) is 5.88 Å². The fourth-order valence-corrected chi connectivity index (χ4v) is 1.26. The Morgan fingerprint density at radius 1 is 1.41 bits per heavy atom. The summed E-state index contributed by atoms with van der Waals surface area (Å²) >= 11 is 0. The van der Waals surface area contributed by atoms with Crippen molar-refractivity contribution in [3.05, 3.63) is 40.9 Å². The van der Waals surface area contributed by atoms with Crippen LogP contribution in [-0.4, -0.2) is 17.1 Å². The van der Waals surface area contributed by atoms with Crippen LogP contribution in [0.3, 0.4) is 0 Å². The summed E-state index contributed by atoms with van der Waals surface area (Å²) in [6.45, 7) is 0. The predicted octanol–water partition coefficient (Wildman–Crippen LogP) is 1.15. The number of H-pyrrole nitrogens is 1. The number of methoxy groups -OCH3 is 1. The first-order valence-electron chi connectivity index (χ1n) is 4.86. The van der Waals surface area contributed by atoms with E-state index < -0.39 is 5.56 Å². The molecule has 0 radical (unpaired) electrons. The van der Waals surface area contributed by atoms with Gasteiger partial charge in [0.2, 0.25) is 0 Å². The number of aromatic amines is 1. The number of benzene rings is 1. The standard InChI is InChI=1S/C11H11N3O3/c1-16-7-2-3-9(8(12)6-7)17-11-10(15)13-4-5-14-11/h2-6H,12H2,1H3,(H,13,15). The molecule has 1 aromatic heterocycles. The average molecular weight is 233 g/mol. The molecule has 2 rings (SSSR count). The third kappa shape index (κ3) is 2.36. The van der Waals surface area contributed by atoms with Crippen LogP contribution in [0.2, 0.25) is 0 Å². The number of rotatable bonds is 3. The van der Waals surface area contributed by atoms with Crippen molar-refractivity contribution in [1.29, 1.82) is 0 Å². The minimum absolute atomic E-state index is 0.0515. The fourth-order valence-electron chi connectivity index (χ4n) is 1.26. The van der Waals surface area contributed by atoms with Crippen molar-refractivity contribution in [2.45, 2.75) is 0 Å². The van der Waals surface area contributed by atoms with Crippen molar-refractivity contribution in [2.75, 3.05) is 12.8 Å². The topological polar surface area (TPSA) is 90.2 Å². The van der Waals surface area contributed by atoms with Gasteiger partial charge in [0.1, 0.15) is 5.75 Å². The molecule has 0 bridgehead atoms. The number of nitrogens with two attached hydrogens (primary N) is 1. The Labute approximate surface area is 97.0 Å². The number of nitrogen functional groups attached to an aromatic ring is 1. The van der Waals surface area contributed by atoms with Crippen molar-refractivity contribution in [3.63, 3.8) is 0 Å². The summed E-state index contributed by atoms with van der Waals surface area (Å²) < 4.78 is 10.3. The number of aromatic nitrogens is 2. The molecule has 88 valence electrons. The third-order valence-electron chi connectivity index (χ3n) is 2.10. The lowest BCUT2D eigenvalue weighted by atomic mass is 10.3. The lowest BCUT2D eigenvalue weighted by molar-refractivity contribution is 0.412. The molecule has 6 heteroatoms. The van der Waals surface area contributed by atoms with E-state index in [9.17, 15) is 4.79 Å². The summed E-state index contributed by atoms with van der Waals surface area (Å²) in [5.41, 5.74) is 5.71. The Morgan fingerprint density at radius 3 is 2.88 bits per heavy atom. The number of hydrogen-bond acceptors (Lipinski definition) is 5. The minimum Gasteiger partial charge on any atom is -0.497 e. The number of hydrogen-bond donors (Lipinski definition) is 2. The summed E-state index contributed by atoms with van der Waals surface area (Å²) in [4.78, 5) is 17.6. The van der Waals surface area contributed by atoms with Gasteiger partial charge in [-0.05, 0) is 12.1 Å². The van der Waals surface area contributed by atoms with Gasteiger partial charge in [0.05, 0.1) is 12.8 Å². The monoisotopic (exact) mass is 233 g/mol. The van der Waals surface area contributed by atoms with Gasteiger partial charge < -0.3 is 20.2 Å². The SMILES string of the molecule is COc1ccc(Oc2ncc[nH]c2=O)c(N)c1. The highest BCUT2D eigenvalue weighted by Crippen LogP contribution is 2.28. The maximum absolute atomic E-state index is 11.3. The van der Waals surface area contributed by atoms with Crippen molar-refractivity contribution >= 4 is 5.69 Å². The van der Waals surface area contributed by atoms with Gasteiger partial charge in [0, 0.05) is 18.5 Å².